The molecular weight excluding hydrogens is 296 g/mol. The Morgan fingerprint density at radius 3 is 1.67 bits per heavy atom. The van der Waals surface area contributed by atoms with Crippen LogP contribution in [0.4, 0.5) is 0 Å². The number of aryl methyl sites for hydroxylation is 2. The van der Waals surface area contributed by atoms with Crippen LogP contribution in [0.25, 0.3) is 11.1 Å². The Bertz CT molecular complexity index is 992. The molecular formula is C22H16O2. The Hall–Kier alpha value is -3.00. The molecule has 2 nitrogen and oxygen atoms in total. The van der Waals surface area contributed by atoms with Gasteiger partial charge in [0.25, 0.3) is 0 Å². The molecule has 0 aliphatic heterocycles. The van der Waals surface area contributed by atoms with Crippen LogP contribution in [-0.4, -0.2) is 11.6 Å². The minimum atomic E-state index is -0.0757. The Kier molecular flexibility index (Phi) is 3.20. The number of benzene rings is 3. The third-order valence-electron chi connectivity index (χ3n) is 4.70. The Morgan fingerprint density at radius 1 is 0.500 bits per heavy atom. The lowest BCUT2D eigenvalue weighted by atomic mass is 9.79. The highest BCUT2D eigenvalue weighted by Gasteiger charge is 2.31. The normalized spacial score (nSPS) is 12.8. The second-order valence-electron chi connectivity index (χ2n) is 6.20. The number of carbonyl (C=O) groups is 2. The van der Waals surface area contributed by atoms with Gasteiger partial charge in [-0.2, -0.15) is 0 Å². The molecule has 3 aromatic rings. The van der Waals surface area contributed by atoms with Crippen molar-refractivity contribution >= 4 is 11.6 Å². The van der Waals surface area contributed by atoms with Gasteiger partial charge in [0.2, 0.25) is 0 Å². The molecule has 0 saturated carbocycles. The van der Waals surface area contributed by atoms with E-state index in [0.29, 0.717) is 22.3 Å². The summed E-state index contributed by atoms with van der Waals surface area (Å²) in [5.74, 6) is -0.147. The number of rotatable bonds is 1. The van der Waals surface area contributed by atoms with E-state index >= 15 is 0 Å². The molecule has 116 valence electrons. The summed E-state index contributed by atoms with van der Waals surface area (Å²) in [7, 11) is 0. The quantitative estimate of drug-likeness (QED) is 0.508. The molecule has 3 aromatic carbocycles. The van der Waals surface area contributed by atoms with E-state index in [4.69, 9.17) is 0 Å². The van der Waals surface area contributed by atoms with Crippen LogP contribution in [-0.2, 0) is 0 Å². The molecule has 0 heterocycles. The third-order valence-corrected chi connectivity index (χ3v) is 4.70. The highest BCUT2D eigenvalue weighted by Crippen LogP contribution is 2.36. The van der Waals surface area contributed by atoms with Gasteiger partial charge in [0.15, 0.2) is 11.6 Å². The zero-order valence-corrected chi connectivity index (χ0v) is 13.6. The van der Waals surface area contributed by atoms with Gasteiger partial charge in [0.05, 0.1) is 0 Å². The average molecular weight is 312 g/mol. The Morgan fingerprint density at radius 2 is 1.00 bits per heavy atom. The summed E-state index contributed by atoms with van der Waals surface area (Å²) < 4.78 is 0. The fourth-order valence-electron chi connectivity index (χ4n) is 3.59. The summed E-state index contributed by atoms with van der Waals surface area (Å²) >= 11 is 0. The van der Waals surface area contributed by atoms with Gasteiger partial charge in [-0.05, 0) is 36.1 Å². The van der Waals surface area contributed by atoms with Gasteiger partial charge >= 0.3 is 0 Å². The van der Waals surface area contributed by atoms with Gasteiger partial charge in [-0.3, -0.25) is 9.59 Å². The lowest BCUT2D eigenvalue weighted by Crippen LogP contribution is -2.21. The summed E-state index contributed by atoms with van der Waals surface area (Å²) in [4.78, 5) is 26.0. The van der Waals surface area contributed by atoms with E-state index < -0.39 is 0 Å². The van der Waals surface area contributed by atoms with E-state index in [0.717, 1.165) is 22.3 Å². The van der Waals surface area contributed by atoms with E-state index in [1.54, 1.807) is 30.3 Å². The van der Waals surface area contributed by atoms with Gasteiger partial charge in [0, 0.05) is 22.3 Å². The summed E-state index contributed by atoms with van der Waals surface area (Å²) in [6.07, 6.45) is 0. The molecule has 4 rings (SSSR count). The van der Waals surface area contributed by atoms with Crippen molar-refractivity contribution in [3.63, 3.8) is 0 Å². The van der Waals surface area contributed by atoms with Crippen LogP contribution < -0.4 is 0 Å². The van der Waals surface area contributed by atoms with Crippen LogP contribution in [0.5, 0.6) is 0 Å². The largest absolute Gasteiger partial charge is 0.289 e. The van der Waals surface area contributed by atoms with Crippen LogP contribution in [0.15, 0.2) is 60.7 Å². The maximum Gasteiger partial charge on any atom is 0.195 e. The molecule has 0 radical (unpaired) electrons. The van der Waals surface area contributed by atoms with Crippen LogP contribution in [0, 0.1) is 13.8 Å². The van der Waals surface area contributed by atoms with E-state index in [-0.39, 0.29) is 11.6 Å². The van der Waals surface area contributed by atoms with Crippen molar-refractivity contribution in [1.29, 1.82) is 0 Å². The van der Waals surface area contributed by atoms with E-state index in [2.05, 4.69) is 0 Å². The fraction of sp³-hybridized carbons (Fsp3) is 0.0909. The van der Waals surface area contributed by atoms with Gasteiger partial charge in [-0.1, -0.05) is 60.7 Å². The first-order chi connectivity index (χ1) is 11.6. The first kappa shape index (κ1) is 14.6. The first-order valence-electron chi connectivity index (χ1n) is 7.97. The molecule has 0 amide bonds. The molecule has 0 spiro atoms. The van der Waals surface area contributed by atoms with E-state index in [9.17, 15) is 9.59 Å². The summed E-state index contributed by atoms with van der Waals surface area (Å²) in [5.41, 5.74) is 6.09. The van der Waals surface area contributed by atoms with Crippen molar-refractivity contribution in [1.82, 2.24) is 0 Å². The van der Waals surface area contributed by atoms with Crippen LogP contribution in [0.2, 0.25) is 0 Å². The van der Waals surface area contributed by atoms with Gasteiger partial charge < -0.3 is 0 Å². The Labute approximate surface area is 140 Å². The number of carbonyl (C=O) groups excluding carboxylic acids is 2. The molecule has 0 saturated heterocycles. The molecule has 0 fully saturated rings. The highest BCUT2D eigenvalue weighted by atomic mass is 16.1. The number of hydrogen-bond donors (Lipinski definition) is 0. The molecule has 24 heavy (non-hydrogen) atoms. The minimum Gasteiger partial charge on any atom is -0.289 e. The smallest absolute Gasteiger partial charge is 0.195 e. The fourth-order valence-corrected chi connectivity index (χ4v) is 3.59. The van der Waals surface area contributed by atoms with Crippen LogP contribution in [0.3, 0.4) is 0 Å². The van der Waals surface area contributed by atoms with Crippen molar-refractivity contribution in [2.24, 2.45) is 0 Å². The van der Waals surface area contributed by atoms with Crippen LogP contribution >= 0.6 is 0 Å². The molecule has 0 atom stereocenters. The summed E-state index contributed by atoms with van der Waals surface area (Å²) in [6, 6.07) is 18.7. The molecule has 0 N–H and O–H groups in total. The summed E-state index contributed by atoms with van der Waals surface area (Å²) in [6.45, 7) is 4.07. The maximum absolute atomic E-state index is 13.1. The topological polar surface area (TPSA) is 34.1 Å². The van der Waals surface area contributed by atoms with Crippen molar-refractivity contribution in [3.05, 3.63) is 94.0 Å². The zero-order chi connectivity index (χ0) is 16.8. The predicted octanol–water partition coefficient (Wildman–Crippen LogP) is 4.75. The zero-order valence-electron chi connectivity index (χ0n) is 13.6. The first-order valence-corrected chi connectivity index (χ1v) is 7.97. The summed E-state index contributed by atoms with van der Waals surface area (Å²) in [5, 5.41) is 0. The SMILES string of the molecule is Cc1cccc(C)c1-c1cccc2c1C(=O)c1ccccc1C2=O. The standard InChI is InChI=1S/C22H16O2/c1-13-7-5-8-14(2)19(13)17-11-6-12-18-20(17)22(24)16-10-4-3-9-15(16)21(18)23/h3-12H,1-2H3. The van der Waals surface area contributed by atoms with Gasteiger partial charge in [-0.15, -0.1) is 0 Å². The maximum atomic E-state index is 13.1. The molecule has 1 aliphatic rings. The van der Waals surface area contributed by atoms with Crippen LogP contribution in [0.1, 0.15) is 43.0 Å². The number of hydrogen-bond acceptors (Lipinski definition) is 2. The third kappa shape index (κ3) is 1.96. The molecule has 0 bridgehead atoms. The highest BCUT2D eigenvalue weighted by molar-refractivity contribution is 6.30. The molecule has 0 unspecified atom stereocenters. The van der Waals surface area contributed by atoms with Crippen molar-refractivity contribution in [2.45, 2.75) is 13.8 Å². The van der Waals surface area contributed by atoms with Crippen molar-refractivity contribution < 1.29 is 9.59 Å². The van der Waals surface area contributed by atoms with Gasteiger partial charge in [0.1, 0.15) is 0 Å². The second-order valence-corrected chi connectivity index (χ2v) is 6.20. The monoisotopic (exact) mass is 312 g/mol. The minimum absolute atomic E-state index is 0.0709. The number of fused-ring (bicyclic) bond motifs is 2. The van der Waals surface area contributed by atoms with Gasteiger partial charge in [-0.25, -0.2) is 0 Å². The lowest BCUT2D eigenvalue weighted by molar-refractivity contribution is 0.0979. The predicted molar refractivity (Wildman–Crippen MR) is 94.7 cm³/mol. The lowest BCUT2D eigenvalue weighted by Gasteiger charge is -2.21. The van der Waals surface area contributed by atoms with Crippen molar-refractivity contribution in [3.8, 4) is 11.1 Å². The van der Waals surface area contributed by atoms with E-state index in [1.165, 1.54) is 0 Å². The molecule has 2 heteroatoms. The second kappa shape index (κ2) is 5.27. The molecule has 0 aromatic heterocycles. The average Bonchev–Trinajstić information content (AvgIpc) is 2.59. The molecule has 1 aliphatic carbocycles. The van der Waals surface area contributed by atoms with Crippen molar-refractivity contribution in [2.75, 3.05) is 0 Å². The number of ketones is 2. The Balaban J connectivity index is 2.06. The van der Waals surface area contributed by atoms with E-state index in [1.807, 2.05) is 44.2 Å².